The summed E-state index contributed by atoms with van der Waals surface area (Å²) in [4.78, 5) is 68.7. The van der Waals surface area contributed by atoms with Gasteiger partial charge in [-0.15, -0.1) is 0 Å². The van der Waals surface area contributed by atoms with Gasteiger partial charge in [-0.25, -0.2) is 0 Å². The Morgan fingerprint density at radius 1 is 0.308 bits per heavy atom. The van der Waals surface area contributed by atoms with Gasteiger partial charge in [-0.3, -0.25) is 38.8 Å². The van der Waals surface area contributed by atoms with Crippen molar-refractivity contribution in [3.63, 3.8) is 0 Å². The van der Waals surface area contributed by atoms with E-state index in [-0.39, 0.29) is 49.8 Å². The van der Waals surface area contributed by atoms with Crippen LogP contribution in [0.5, 0.6) is 0 Å². The van der Waals surface area contributed by atoms with Crippen LogP contribution in [0.1, 0.15) is 0 Å². The van der Waals surface area contributed by atoms with Crippen LogP contribution < -0.4 is 45.9 Å². The van der Waals surface area contributed by atoms with Crippen LogP contribution in [-0.4, -0.2) is 246 Å². The Morgan fingerprint density at radius 2 is 0.442 bits per heavy atom. The molecule has 1 aliphatic heterocycles. The van der Waals surface area contributed by atoms with Crippen LogP contribution in [0.4, 0.5) is 0 Å². The summed E-state index contributed by atoms with van der Waals surface area (Å²) in [5.74, 6) is -0.365. The van der Waals surface area contributed by atoms with Crippen LogP contribution in [0.3, 0.4) is 0 Å². The normalized spacial score (nSPS) is 15.8. The van der Waals surface area contributed by atoms with Crippen molar-refractivity contribution in [2.75, 3.05) is 183 Å². The molecule has 0 bridgehead atoms. The van der Waals surface area contributed by atoms with Crippen LogP contribution >= 0.6 is 0 Å². The minimum absolute atomic E-state index is 0.0911. The van der Waals surface area contributed by atoms with E-state index in [0.717, 1.165) is 0 Å². The van der Waals surface area contributed by atoms with Gasteiger partial charge in [0.2, 0.25) is 23.6 Å². The Hall–Kier alpha value is -2.60. The fraction of sp³-hybridized carbons (Fsp3) is 0.875. The van der Waals surface area contributed by atoms with Gasteiger partial charge in [-0.2, -0.15) is 0 Å². The molecule has 0 atom stereocenters. The molecule has 0 aromatic rings. The molecule has 4 amide bonds. The average Bonchev–Trinajstić information content (AvgIpc) is 3.11. The van der Waals surface area contributed by atoms with Gasteiger partial charge in [0.05, 0.1) is 26.2 Å². The topological polar surface area (TPSA) is 302 Å². The van der Waals surface area contributed by atoms with E-state index in [4.69, 9.17) is 45.9 Å². The van der Waals surface area contributed by atoms with E-state index in [1.807, 2.05) is 19.6 Å². The molecule has 52 heavy (non-hydrogen) atoms. The van der Waals surface area contributed by atoms with E-state index in [9.17, 15) is 19.2 Å². The lowest BCUT2D eigenvalue weighted by atomic mass is 10.3. The molecule has 1 saturated heterocycles. The van der Waals surface area contributed by atoms with Gasteiger partial charge in [-0.05, 0) is 0 Å². The highest BCUT2D eigenvalue weighted by atomic mass is 16.2. The molecule has 16 N–H and O–H groups in total. The van der Waals surface area contributed by atoms with E-state index in [2.05, 4.69) is 0 Å². The summed E-state index contributed by atoms with van der Waals surface area (Å²) < 4.78 is 0. The Balaban J connectivity index is 3.44. The molecule has 1 aliphatic rings. The number of carbonyl (C=O) groups is 4. The Bertz CT molecular complexity index is 806. The van der Waals surface area contributed by atoms with Gasteiger partial charge >= 0.3 is 0 Å². The lowest BCUT2D eigenvalue weighted by Gasteiger charge is -2.36. The highest BCUT2D eigenvalue weighted by Gasteiger charge is 2.25. The molecule has 20 nitrogen and oxygen atoms in total. The van der Waals surface area contributed by atoms with Crippen molar-refractivity contribution in [1.82, 2.24) is 39.2 Å². The average molecular weight is 745 g/mol. The first-order valence-corrected chi connectivity index (χ1v) is 18.7. The maximum absolute atomic E-state index is 13.5. The molecular weight excluding hydrogens is 672 g/mol. The number of hydrogen-bond acceptors (Lipinski definition) is 16. The molecule has 0 aromatic carbocycles. The fourth-order valence-corrected chi connectivity index (χ4v) is 6.07. The molecule has 0 aromatic heterocycles. The van der Waals surface area contributed by atoms with E-state index in [1.165, 1.54) is 0 Å². The summed E-state index contributed by atoms with van der Waals surface area (Å²) in [6.45, 7) is 9.95. The maximum Gasteiger partial charge on any atom is 0.236 e. The lowest BCUT2D eigenvalue weighted by molar-refractivity contribution is -0.135. The molecule has 0 saturated carbocycles. The highest BCUT2D eigenvalue weighted by Crippen LogP contribution is 2.06. The fourth-order valence-electron chi connectivity index (χ4n) is 6.07. The summed E-state index contributed by atoms with van der Waals surface area (Å²) in [5, 5.41) is 0. The predicted molar refractivity (Wildman–Crippen MR) is 205 cm³/mol. The number of rotatable bonds is 24. The number of amides is 4. The Morgan fingerprint density at radius 3 is 0.558 bits per heavy atom. The molecule has 0 unspecified atom stereocenters. The quantitative estimate of drug-likeness (QED) is 0.0455. The summed E-state index contributed by atoms with van der Waals surface area (Å²) in [6.07, 6.45) is 0. The van der Waals surface area contributed by atoms with Crippen LogP contribution in [0.15, 0.2) is 0 Å². The molecular formula is C32H72N16O4. The zero-order chi connectivity index (χ0) is 38.7. The first-order valence-electron chi connectivity index (χ1n) is 18.7. The lowest BCUT2D eigenvalue weighted by Crippen LogP contribution is -2.53. The smallest absolute Gasteiger partial charge is 0.236 e. The van der Waals surface area contributed by atoms with E-state index < -0.39 is 0 Å². The van der Waals surface area contributed by atoms with Crippen molar-refractivity contribution in [3.05, 3.63) is 0 Å². The van der Waals surface area contributed by atoms with Gasteiger partial charge < -0.3 is 65.5 Å². The second kappa shape index (κ2) is 28.8. The summed E-state index contributed by atoms with van der Waals surface area (Å²) in [7, 11) is 0. The molecule has 0 spiro atoms. The summed E-state index contributed by atoms with van der Waals surface area (Å²) in [5.41, 5.74) is 46.4. The number of nitrogens with zero attached hydrogens (tertiary/aromatic N) is 8. The van der Waals surface area contributed by atoms with Crippen LogP contribution in [0.2, 0.25) is 0 Å². The Kier molecular flexibility index (Phi) is 26.3. The Labute approximate surface area is 310 Å². The number of carbonyl (C=O) groups excluding carboxylic acids is 4. The zero-order valence-electron chi connectivity index (χ0n) is 31.6. The minimum Gasteiger partial charge on any atom is -0.339 e. The molecule has 0 radical (unpaired) electrons. The largest absolute Gasteiger partial charge is 0.339 e. The zero-order valence-corrected chi connectivity index (χ0v) is 31.6. The molecule has 1 rings (SSSR count). The van der Waals surface area contributed by atoms with Crippen molar-refractivity contribution < 1.29 is 19.2 Å². The SMILES string of the molecule is NCCN(CCN)C(=O)CN1CCN(CC(=O)N(CCN)CCN)CCN(CC(=O)N(CCN)CCN)CCN(CC(=O)N(CCN)CCN)CC1. The van der Waals surface area contributed by atoms with E-state index in [0.29, 0.717) is 157 Å². The van der Waals surface area contributed by atoms with Crippen molar-refractivity contribution >= 4 is 23.6 Å². The van der Waals surface area contributed by atoms with Gasteiger partial charge in [-0.1, -0.05) is 0 Å². The monoisotopic (exact) mass is 745 g/mol. The first-order chi connectivity index (χ1) is 25.1. The van der Waals surface area contributed by atoms with Gasteiger partial charge in [0.25, 0.3) is 0 Å². The molecule has 1 fully saturated rings. The third kappa shape index (κ3) is 18.9. The molecule has 0 aliphatic carbocycles. The van der Waals surface area contributed by atoms with Crippen LogP contribution in [0, 0.1) is 0 Å². The van der Waals surface area contributed by atoms with E-state index >= 15 is 0 Å². The van der Waals surface area contributed by atoms with Gasteiger partial charge in [0.1, 0.15) is 0 Å². The van der Waals surface area contributed by atoms with Gasteiger partial charge in [0, 0.05) is 157 Å². The first kappa shape index (κ1) is 47.4. The summed E-state index contributed by atoms with van der Waals surface area (Å²) >= 11 is 0. The number of nitrogens with two attached hydrogens (primary N) is 8. The third-order valence-electron chi connectivity index (χ3n) is 8.97. The second-order valence-corrected chi connectivity index (χ2v) is 12.9. The van der Waals surface area contributed by atoms with Crippen LogP contribution in [-0.2, 0) is 19.2 Å². The van der Waals surface area contributed by atoms with Crippen molar-refractivity contribution in [2.45, 2.75) is 0 Å². The number of hydrogen-bond donors (Lipinski definition) is 8. The van der Waals surface area contributed by atoms with Crippen molar-refractivity contribution in [3.8, 4) is 0 Å². The summed E-state index contributed by atoms with van der Waals surface area (Å²) in [6, 6.07) is 0. The maximum atomic E-state index is 13.5. The minimum atomic E-state index is -0.0911. The third-order valence-corrected chi connectivity index (χ3v) is 8.97. The van der Waals surface area contributed by atoms with E-state index in [1.54, 1.807) is 19.6 Å². The molecule has 20 heteroatoms. The van der Waals surface area contributed by atoms with Gasteiger partial charge in [0.15, 0.2) is 0 Å². The molecule has 304 valence electrons. The molecule has 1 heterocycles. The standard InChI is InChI=1S/C32H72N16O4/c33-1-9-45(10-2-34)29(49)25-41-17-19-42(26-30(50)46(11-3-35)12-4-36)21-23-44(28-32(52)48(15-7-39)16-8-40)24-22-43(20-18-41)27-31(51)47(13-5-37)14-6-38/h1-28,33-40H2. The predicted octanol–water partition coefficient (Wildman–Crippen LogP) is -7.81. The van der Waals surface area contributed by atoms with Crippen molar-refractivity contribution in [2.24, 2.45) is 45.9 Å². The highest BCUT2D eigenvalue weighted by molar-refractivity contribution is 5.79. The second-order valence-electron chi connectivity index (χ2n) is 12.9. The van der Waals surface area contributed by atoms with Crippen LogP contribution in [0.25, 0.3) is 0 Å². The van der Waals surface area contributed by atoms with Crippen molar-refractivity contribution in [1.29, 1.82) is 0 Å².